The summed E-state index contributed by atoms with van der Waals surface area (Å²) in [5, 5.41) is 5.39. The van der Waals surface area contributed by atoms with Gasteiger partial charge in [-0.3, -0.25) is 5.32 Å². The summed E-state index contributed by atoms with van der Waals surface area (Å²) in [6.45, 7) is 11.7. The molecule has 96 valence electrons. The maximum atomic E-state index is 11.6. The molecule has 0 bridgehead atoms. The average molecular weight is 239 g/mol. The second-order valence-electron chi connectivity index (χ2n) is 6.11. The Morgan fingerprint density at radius 3 is 2.24 bits per heavy atom. The number of carbonyl (C=O) groups excluding carboxylic acids is 1. The minimum absolute atomic E-state index is 0.166. The number of anilines is 1. The Balaban J connectivity index is 2.65. The van der Waals surface area contributed by atoms with Crippen molar-refractivity contribution in [3.63, 3.8) is 0 Å². The molecule has 0 unspecified atom stereocenters. The van der Waals surface area contributed by atoms with Crippen LogP contribution in [0.3, 0.4) is 0 Å². The van der Waals surface area contributed by atoms with Gasteiger partial charge < -0.3 is 9.73 Å². The van der Waals surface area contributed by atoms with Crippen molar-refractivity contribution < 1.29 is 9.21 Å². The first-order valence-electron chi connectivity index (χ1n) is 5.63. The van der Waals surface area contributed by atoms with Crippen LogP contribution in [0.5, 0.6) is 0 Å². The number of urea groups is 1. The van der Waals surface area contributed by atoms with Gasteiger partial charge in [-0.25, -0.2) is 9.78 Å². The van der Waals surface area contributed by atoms with E-state index < -0.39 is 0 Å². The van der Waals surface area contributed by atoms with Crippen molar-refractivity contribution in [1.29, 1.82) is 0 Å². The first-order chi connectivity index (χ1) is 7.58. The summed E-state index contributed by atoms with van der Waals surface area (Å²) in [5.41, 5.74) is -0.447. The minimum atomic E-state index is -0.297. The van der Waals surface area contributed by atoms with Crippen LogP contribution >= 0.6 is 0 Å². The number of hydrogen-bond acceptors (Lipinski definition) is 3. The fourth-order valence-corrected chi connectivity index (χ4v) is 1.16. The van der Waals surface area contributed by atoms with Gasteiger partial charge >= 0.3 is 6.03 Å². The smallest absolute Gasteiger partial charge is 0.322 e. The number of oxazole rings is 1. The molecule has 0 aliphatic carbocycles. The Bertz CT molecular complexity index is 397. The van der Waals surface area contributed by atoms with Gasteiger partial charge in [0.15, 0.2) is 0 Å². The molecular formula is C12H21N3O2. The van der Waals surface area contributed by atoms with Gasteiger partial charge in [-0.15, -0.1) is 0 Å². The lowest BCUT2D eigenvalue weighted by Crippen LogP contribution is -2.43. The fourth-order valence-electron chi connectivity index (χ4n) is 1.16. The predicted octanol–water partition coefficient (Wildman–Crippen LogP) is 2.89. The van der Waals surface area contributed by atoms with Crippen LogP contribution in [-0.4, -0.2) is 16.6 Å². The summed E-state index contributed by atoms with van der Waals surface area (Å²) in [6, 6.07) is -0.297. The summed E-state index contributed by atoms with van der Waals surface area (Å²) in [6.07, 6.45) is 1.52. The van der Waals surface area contributed by atoms with E-state index in [-0.39, 0.29) is 17.0 Å². The van der Waals surface area contributed by atoms with Gasteiger partial charge in [0.25, 0.3) is 0 Å². The largest absolute Gasteiger partial charge is 0.424 e. The summed E-state index contributed by atoms with van der Waals surface area (Å²) >= 11 is 0. The Labute approximate surface area is 102 Å². The number of hydrogen-bond donors (Lipinski definition) is 2. The van der Waals surface area contributed by atoms with E-state index in [1.54, 1.807) is 0 Å². The molecule has 1 heterocycles. The normalized spacial score (nSPS) is 12.4. The van der Waals surface area contributed by atoms with Crippen molar-refractivity contribution in [2.75, 3.05) is 5.32 Å². The molecule has 17 heavy (non-hydrogen) atoms. The first kappa shape index (κ1) is 13.5. The van der Waals surface area contributed by atoms with E-state index in [0.29, 0.717) is 11.8 Å². The zero-order valence-electron chi connectivity index (χ0n) is 11.3. The third-order valence-electron chi connectivity index (χ3n) is 1.87. The van der Waals surface area contributed by atoms with Crippen LogP contribution in [0, 0.1) is 0 Å². The molecule has 0 aliphatic rings. The van der Waals surface area contributed by atoms with Crippen LogP contribution in [0.1, 0.15) is 47.4 Å². The molecule has 5 heteroatoms. The molecule has 0 atom stereocenters. The van der Waals surface area contributed by atoms with Crippen molar-refractivity contribution in [3.8, 4) is 0 Å². The highest BCUT2D eigenvalue weighted by molar-refractivity contribution is 5.88. The zero-order chi connectivity index (χ0) is 13.3. The van der Waals surface area contributed by atoms with Crippen LogP contribution < -0.4 is 10.6 Å². The highest BCUT2D eigenvalue weighted by Gasteiger charge is 2.21. The van der Waals surface area contributed by atoms with E-state index in [4.69, 9.17) is 4.42 Å². The summed E-state index contributed by atoms with van der Waals surface area (Å²) in [7, 11) is 0. The Morgan fingerprint density at radius 2 is 1.82 bits per heavy atom. The third kappa shape index (κ3) is 4.46. The van der Waals surface area contributed by atoms with Crippen molar-refractivity contribution in [2.45, 2.75) is 52.5 Å². The summed E-state index contributed by atoms with van der Waals surface area (Å²) in [4.78, 5) is 15.7. The molecular weight excluding hydrogens is 218 g/mol. The number of rotatable bonds is 1. The van der Waals surface area contributed by atoms with E-state index in [1.165, 1.54) is 6.20 Å². The highest BCUT2D eigenvalue weighted by atomic mass is 16.4. The third-order valence-corrected chi connectivity index (χ3v) is 1.87. The standard InChI is InChI=1S/C12H21N3O2/c1-11(2,3)9-13-7-8(17-9)14-10(16)15-12(4,5)6/h7H,1-6H3,(H2,14,15,16). The number of amides is 2. The molecule has 0 radical (unpaired) electrons. The Hall–Kier alpha value is -1.52. The molecule has 2 amide bonds. The maximum Gasteiger partial charge on any atom is 0.322 e. The number of nitrogens with zero attached hydrogens (tertiary/aromatic N) is 1. The van der Waals surface area contributed by atoms with Gasteiger partial charge in [0.05, 0.1) is 6.20 Å². The van der Waals surface area contributed by atoms with Gasteiger partial charge in [0, 0.05) is 11.0 Å². The molecule has 2 N–H and O–H groups in total. The number of nitrogens with one attached hydrogen (secondary N) is 2. The van der Waals surface area contributed by atoms with Crippen LogP contribution in [-0.2, 0) is 5.41 Å². The highest BCUT2D eigenvalue weighted by Crippen LogP contribution is 2.23. The van der Waals surface area contributed by atoms with Crippen LogP contribution in [0.4, 0.5) is 10.7 Å². The molecule has 0 saturated carbocycles. The first-order valence-corrected chi connectivity index (χ1v) is 5.63. The molecule has 0 aliphatic heterocycles. The summed E-state index contributed by atoms with van der Waals surface area (Å²) in [5.74, 6) is 0.959. The maximum absolute atomic E-state index is 11.6. The fraction of sp³-hybridized carbons (Fsp3) is 0.667. The van der Waals surface area contributed by atoms with Crippen LogP contribution in [0.2, 0.25) is 0 Å². The van der Waals surface area contributed by atoms with Crippen LogP contribution in [0.25, 0.3) is 0 Å². The molecule has 0 spiro atoms. The average Bonchev–Trinajstić information content (AvgIpc) is 2.47. The quantitative estimate of drug-likeness (QED) is 0.791. The summed E-state index contributed by atoms with van der Waals surface area (Å²) < 4.78 is 5.45. The monoisotopic (exact) mass is 239 g/mol. The van der Waals surface area contributed by atoms with Crippen molar-refractivity contribution in [1.82, 2.24) is 10.3 Å². The molecule has 5 nitrogen and oxygen atoms in total. The lowest BCUT2D eigenvalue weighted by Gasteiger charge is -2.20. The van der Waals surface area contributed by atoms with Crippen LogP contribution in [0.15, 0.2) is 10.6 Å². The van der Waals surface area contributed by atoms with Crippen molar-refractivity contribution in [3.05, 3.63) is 12.1 Å². The van der Waals surface area contributed by atoms with E-state index in [0.717, 1.165) is 0 Å². The molecule has 1 rings (SSSR count). The van der Waals surface area contributed by atoms with E-state index >= 15 is 0 Å². The zero-order valence-corrected chi connectivity index (χ0v) is 11.3. The molecule has 0 saturated heterocycles. The molecule has 1 aromatic heterocycles. The SMILES string of the molecule is CC(C)(C)NC(=O)Nc1cnc(C(C)(C)C)o1. The Morgan fingerprint density at radius 1 is 1.24 bits per heavy atom. The second-order valence-corrected chi connectivity index (χ2v) is 6.11. The molecule has 0 aromatic carbocycles. The van der Waals surface area contributed by atoms with E-state index in [1.807, 2.05) is 41.5 Å². The second kappa shape index (κ2) is 4.39. The van der Waals surface area contributed by atoms with Gasteiger partial charge in [0.1, 0.15) is 0 Å². The lowest BCUT2D eigenvalue weighted by molar-refractivity contribution is 0.243. The number of aromatic nitrogens is 1. The van der Waals surface area contributed by atoms with Crippen molar-refractivity contribution >= 4 is 11.9 Å². The minimum Gasteiger partial charge on any atom is -0.424 e. The van der Waals surface area contributed by atoms with Gasteiger partial charge in [0.2, 0.25) is 11.8 Å². The van der Waals surface area contributed by atoms with E-state index in [2.05, 4.69) is 15.6 Å². The predicted molar refractivity (Wildman–Crippen MR) is 67.1 cm³/mol. The van der Waals surface area contributed by atoms with Crippen molar-refractivity contribution in [2.24, 2.45) is 0 Å². The molecule has 1 aromatic rings. The van der Waals surface area contributed by atoms with Gasteiger partial charge in [-0.1, -0.05) is 20.8 Å². The van der Waals surface area contributed by atoms with E-state index in [9.17, 15) is 4.79 Å². The Kier molecular flexibility index (Phi) is 3.50. The molecule has 0 fully saturated rings. The van der Waals surface area contributed by atoms with Gasteiger partial charge in [-0.05, 0) is 20.8 Å². The van der Waals surface area contributed by atoms with Gasteiger partial charge in [-0.2, -0.15) is 0 Å². The number of carbonyl (C=O) groups is 1. The topological polar surface area (TPSA) is 67.2 Å². The lowest BCUT2D eigenvalue weighted by atomic mass is 9.97.